The van der Waals surface area contributed by atoms with E-state index in [1.807, 2.05) is 23.9 Å². The van der Waals surface area contributed by atoms with Crippen LogP contribution in [-0.4, -0.2) is 28.5 Å². The van der Waals surface area contributed by atoms with E-state index in [1.54, 1.807) is 0 Å². The van der Waals surface area contributed by atoms with Gasteiger partial charge in [-0.2, -0.15) is 11.8 Å². The highest BCUT2D eigenvalue weighted by atomic mass is 32.2. The summed E-state index contributed by atoms with van der Waals surface area (Å²) in [6, 6.07) is 6.35. The molecule has 1 heterocycles. The fraction of sp³-hybridized carbons (Fsp3) is 0.500. The van der Waals surface area contributed by atoms with Gasteiger partial charge in [0.05, 0.1) is 11.0 Å². The van der Waals surface area contributed by atoms with Crippen LogP contribution in [-0.2, 0) is 0 Å². The molecule has 0 saturated carbocycles. The zero-order valence-electron chi connectivity index (χ0n) is 11.5. The molecule has 0 aliphatic carbocycles. The van der Waals surface area contributed by atoms with E-state index >= 15 is 0 Å². The Bertz CT molecular complexity index is 575. The summed E-state index contributed by atoms with van der Waals surface area (Å²) in [7, 11) is 0. The lowest BCUT2D eigenvalue weighted by Crippen LogP contribution is -2.19. The number of imidazole rings is 1. The van der Waals surface area contributed by atoms with E-state index in [1.165, 1.54) is 24.2 Å². The van der Waals surface area contributed by atoms with Crippen LogP contribution in [0.3, 0.4) is 0 Å². The van der Waals surface area contributed by atoms with Crippen LogP contribution in [0, 0.1) is 0 Å². The van der Waals surface area contributed by atoms with Crippen LogP contribution in [0.2, 0.25) is 0 Å². The van der Waals surface area contributed by atoms with Gasteiger partial charge in [-0.05, 0) is 56.0 Å². The number of unbranched alkanes of at least 4 members (excludes halogenated alkanes) is 1. The fourth-order valence-electron chi connectivity index (χ4n) is 2.13. The Morgan fingerprint density at radius 2 is 2.05 bits per heavy atom. The summed E-state index contributed by atoms with van der Waals surface area (Å²) in [5, 5.41) is 3.52. The molecule has 0 saturated heterocycles. The summed E-state index contributed by atoms with van der Waals surface area (Å²) in [5.74, 6) is 1.23. The van der Waals surface area contributed by atoms with Crippen molar-refractivity contribution in [3.05, 3.63) is 34.2 Å². The Hall–Kier alpha value is -1.20. The first-order valence-electron chi connectivity index (χ1n) is 6.65. The predicted octanol–water partition coefficient (Wildman–Crippen LogP) is 2.65. The Kier molecular flexibility index (Phi) is 5.10. The first-order chi connectivity index (χ1) is 9.20. The number of benzene rings is 1. The van der Waals surface area contributed by atoms with E-state index in [0.29, 0.717) is 6.04 Å². The van der Waals surface area contributed by atoms with Crippen molar-refractivity contribution in [2.45, 2.75) is 25.8 Å². The number of rotatable bonds is 7. The molecule has 0 radical (unpaired) electrons. The van der Waals surface area contributed by atoms with Gasteiger partial charge in [0.25, 0.3) is 0 Å². The van der Waals surface area contributed by atoms with Crippen LogP contribution in [0.1, 0.15) is 31.4 Å². The van der Waals surface area contributed by atoms with Crippen molar-refractivity contribution < 1.29 is 0 Å². The van der Waals surface area contributed by atoms with Gasteiger partial charge in [0, 0.05) is 6.04 Å². The highest BCUT2D eigenvalue weighted by molar-refractivity contribution is 7.98. The molecule has 1 aromatic carbocycles. The monoisotopic (exact) mass is 279 g/mol. The number of aromatic nitrogens is 2. The predicted molar refractivity (Wildman–Crippen MR) is 83.0 cm³/mol. The van der Waals surface area contributed by atoms with Crippen LogP contribution < -0.4 is 11.0 Å². The lowest BCUT2D eigenvalue weighted by molar-refractivity contribution is 0.556. The Labute approximate surface area is 117 Å². The third-order valence-corrected chi connectivity index (χ3v) is 3.96. The average Bonchev–Trinajstić information content (AvgIpc) is 2.77. The lowest BCUT2D eigenvalue weighted by atomic mass is 10.1. The topological polar surface area (TPSA) is 60.7 Å². The van der Waals surface area contributed by atoms with Gasteiger partial charge in [0.15, 0.2) is 0 Å². The van der Waals surface area contributed by atoms with E-state index < -0.39 is 0 Å². The molecule has 5 heteroatoms. The van der Waals surface area contributed by atoms with Crippen molar-refractivity contribution in [3.8, 4) is 0 Å². The third-order valence-electron chi connectivity index (χ3n) is 3.27. The normalized spacial score (nSPS) is 12.9. The Morgan fingerprint density at radius 1 is 1.26 bits per heavy atom. The summed E-state index contributed by atoms with van der Waals surface area (Å²) < 4.78 is 0. The number of fused-ring (bicyclic) bond motifs is 1. The van der Waals surface area contributed by atoms with Crippen molar-refractivity contribution in [1.82, 2.24) is 15.3 Å². The fourth-order valence-corrected chi connectivity index (χ4v) is 2.62. The van der Waals surface area contributed by atoms with Crippen LogP contribution in [0.5, 0.6) is 0 Å². The van der Waals surface area contributed by atoms with Crippen molar-refractivity contribution in [2.24, 2.45) is 0 Å². The highest BCUT2D eigenvalue weighted by Gasteiger charge is 2.06. The molecule has 19 heavy (non-hydrogen) atoms. The van der Waals surface area contributed by atoms with E-state index in [9.17, 15) is 4.79 Å². The smallest absolute Gasteiger partial charge is 0.310 e. The SMILES string of the molecule is CSCCCCNC(C)c1ccc2[nH]c(=O)[nH]c2c1. The van der Waals surface area contributed by atoms with Gasteiger partial charge in [0.2, 0.25) is 0 Å². The molecule has 2 rings (SSSR count). The quantitative estimate of drug-likeness (QED) is 0.683. The largest absolute Gasteiger partial charge is 0.323 e. The van der Waals surface area contributed by atoms with E-state index in [-0.39, 0.29) is 5.69 Å². The number of H-pyrrole nitrogens is 2. The van der Waals surface area contributed by atoms with E-state index in [4.69, 9.17) is 0 Å². The van der Waals surface area contributed by atoms with E-state index in [2.05, 4.69) is 34.5 Å². The number of hydrogen-bond acceptors (Lipinski definition) is 3. The zero-order chi connectivity index (χ0) is 13.7. The molecule has 2 aromatic rings. The first kappa shape index (κ1) is 14.2. The summed E-state index contributed by atoms with van der Waals surface area (Å²) in [4.78, 5) is 16.8. The number of aromatic amines is 2. The molecule has 0 bridgehead atoms. The number of nitrogens with one attached hydrogen (secondary N) is 3. The van der Waals surface area contributed by atoms with Gasteiger partial charge in [-0.3, -0.25) is 0 Å². The van der Waals surface area contributed by atoms with Crippen LogP contribution >= 0.6 is 11.8 Å². The molecule has 0 aliphatic rings. The highest BCUT2D eigenvalue weighted by Crippen LogP contribution is 2.17. The van der Waals surface area contributed by atoms with Crippen LogP contribution in [0.4, 0.5) is 0 Å². The van der Waals surface area contributed by atoms with Crippen molar-refractivity contribution in [3.63, 3.8) is 0 Å². The molecule has 104 valence electrons. The molecule has 1 atom stereocenters. The molecule has 0 fully saturated rings. The molecular weight excluding hydrogens is 258 g/mol. The molecule has 0 amide bonds. The average molecular weight is 279 g/mol. The minimum Gasteiger partial charge on any atom is -0.310 e. The second-order valence-corrected chi connectivity index (χ2v) is 5.75. The molecule has 1 unspecified atom stereocenters. The second-order valence-electron chi connectivity index (χ2n) is 4.76. The minimum absolute atomic E-state index is 0.148. The standard InChI is InChI=1S/C14H21N3OS/c1-10(15-7-3-4-8-19-2)11-5-6-12-13(9-11)17-14(18)16-12/h5-6,9-10,15H,3-4,7-8H2,1-2H3,(H2,16,17,18). The lowest BCUT2D eigenvalue weighted by Gasteiger charge is -2.14. The van der Waals surface area contributed by atoms with Crippen molar-refractivity contribution >= 4 is 22.8 Å². The summed E-state index contributed by atoms with van der Waals surface area (Å²) in [6.07, 6.45) is 4.60. The summed E-state index contributed by atoms with van der Waals surface area (Å²) in [6.45, 7) is 3.18. The van der Waals surface area contributed by atoms with Crippen LogP contribution in [0.25, 0.3) is 11.0 Å². The maximum Gasteiger partial charge on any atom is 0.323 e. The molecule has 3 N–H and O–H groups in total. The van der Waals surface area contributed by atoms with Crippen molar-refractivity contribution in [1.29, 1.82) is 0 Å². The maximum absolute atomic E-state index is 11.2. The first-order valence-corrected chi connectivity index (χ1v) is 8.04. The molecule has 0 spiro atoms. The molecular formula is C14H21N3OS. The third kappa shape index (κ3) is 3.88. The maximum atomic E-state index is 11.2. The zero-order valence-corrected chi connectivity index (χ0v) is 12.3. The Balaban J connectivity index is 1.93. The molecule has 1 aromatic heterocycles. The second kappa shape index (κ2) is 6.82. The summed E-state index contributed by atoms with van der Waals surface area (Å²) >= 11 is 1.90. The Morgan fingerprint density at radius 3 is 2.84 bits per heavy atom. The summed E-state index contributed by atoms with van der Waals surface area (Å²) in [5.41, 5.74) is 2.79. The van der Waals surface area contributed by atoms with Crippen LogP contribution in [0.15, 0.2) is 23.0 Å². The van der Waals surface area contributed by atoms with Gasteiger partial charge >= 0.3 is 5.69 Å². The molecule has 0 aliphatic heterocycles. The van der Waals surface area contributed by atoms with Gasteiger partial charge in [-0.1, -0.05) is 6.07 Å². The molecule has 4 nitrogen and oxygen atoms in total. The van der Waals surface area contributed by atoms with E-state index in [0.717, 1.165) is 17.6 Å². The minimum atomic E-state index is -0.148. The van der Waals surface area contributed by atoms with Crippen molar-refractivity contribution in [2.75, 3.05) is 18.6 Å². The van der Waals surface area contributed by atoms with Gasteiger partial charge in [0.1, 0.15) is 0 Å². The van der Waals surface area contributed by atoms with Gasteiger partial charge < -0.3 is 15.3 Å². The number of thioether (sulfide) groups is 1. The number of hydrogen-bond donors (Lipinski definition) is 3. The van der Waals surface area contributed by atoms with Gasteiger partial charge in [-0.15, -0.1) is 0 Å². The van der Waals surface area contributed by atoms with Gasteiger partial charge in [-0.25, -0.2) is 4.79 Å².